The predicted molar refractivity (Wildman–Crippen MR) is 80.0 cm³/mol. The van der Waals surface area contributed by atoms with Crippen LogP contribution in [-0.2, 0) is 16.6 Å². The highest BCUT2D eigenvalue weighted by Crippen LogP contribution is 2.19. The average molecular weight is 306 g/mol. The smallest absolute Gasteiger partial charge is 0.243 e. The van der Waals surface area contributed by atoms with Gasteiger partial charge in [-0.2, -0.15) is 4.31 Å². The van der Waals surface area contributed by atoms with Crippen molar-refractivity contribution in [1.29, 1.82) is 0 Å². The third-order valence-electron chi connectivity index (χ3n) is 3.18. The van der Waals surface area contributed by atoms with Gasteiger partial charge in [-0.15, -0.1) is 0 Å². The second-order valence-corrected chi connectivity index (χ2v) is 6.87. The summed E-state index contributed by atoms with van der Waals surface area (Å²) in [6.45, 7) is 1.85. The summed E-state index contributed by atoms with van der Waals surface area (Å²) in [7, 11) is -2.05. The van der Waals surface area contributed by atoms with E-state index in [1.54, 1.807) is 37.4 Å². The summed E-state index contributed by atoms with van der Waals surface area (Å²) in [4.78, 5) is 4.32. The van der Waals surface area contributed by atoms with Gasteiger partial charge in [-0.3, -0.25) is 4.98 Å². The summed E-state index contributed by atoms with van der Waals surface area (Å²) in [6.07, 6.45) is 1.01. The van der Waals surface area contributed by atoms with Gasteiger partial charge >= 0.3 is 0 Å². The van der Waals surface area contributed by atoms with E-state index >= 15 is 0 Å². The highest BCUT2D eigenvalue weighted by Gasteiger charge is 2.21. The zero-order chi connectivity index (χ0) is 15.5. The number of hydrogen-bond acceptors (Lipinski definition) is 4. The van der Waals surface area contributed by atoms with Crippen LogP contribution in [0, 0.1) is 0 Å². The van der Waals surface area contributed by atoms with Gasteiger partial charge in [-0.05, 0) is 36.8 Å². The van der Waals surface area contributed by atoms with Gasteiger partial charge in [0.15, 0.2) is 0 Å². The topological polar surface area (TPSA) is 70.5 Å². The fourth-order valence-electron chi connectivity index (χ4n) is 1.90. The minimum absolute atomic E-state index is 0.199. The fraction of sp³-hybridized carbons (Fsp3) is 0.267. The molecule has 2 rings (SSSR count). The zero-order valence-electron chi connectivity index (χ0n) is 12.0. The minimum atomic E-state index is -3.57. The number of aliphatic hydroxyl groups excluding tert-OH is 1. The molecular weight excluding hydrogens is 288 g/mol. The van der Waals surface area contributed by atoms with E-state index in [-0.39, 0.29) is 11.4 Å². The second kappa shape index (κ2) is 6.34. The highest BCUT2D eigenvalue weighted by atomic mass is 32.2. The van der Waals surface area contributed by atoms with Crippen molar-refractivity contribution in [3.8, 4) is 0 Å². The number of hydrogen-bond donors (Lipinski definition) is 1. The molecule has 1 aromatic carbocycles. The van der Waals surface area contributed by atoms with Gasteiger partial charge in [0.25, 0.3) is 0 Å². The number of pyridine rings is 1. The summed E-state index contributed by atoms with van der Waals surface area (Å²) >= 11 is 0. The number of benzene rings is 1. The Labute approximate surface area is 124 Å². The third kappa shape index (κ3) is 3.66. The van der Waals surface area contributed by atoms with Crippen LogP contribution in [0.2, 0.25) is 0 Å². The van der Waals surface area contributed by atoms with E-state index in [4.69, 9.17) is 0 Å². The van der Waals surface area contributed by atoms with Gasteiger partial charge < -0.3 is 5.11 Å². The predicted octanol–water partition coefficient (Wildman–Crippen LogP) is 1.96. The SMILES string of the molecule is CC(O)c1ccc(S(=O)(=O)N(C)Cc2ccccn2)cc1. The molecule has 0 amide bonds. The van der Waals surface area contributed by atoms with Crippen LogP contribution in [-0.4, -0.2) is 29.9 Å². The van der Waals surface area contributed by atoms with Crippen molar-refractivity contribution >= 4 is 10.0 Å². The lowest BCUT2D eigenvalue weighted by Gasteiger charge is -2.17. The molecule has 0 spiro atoms. The number of aromatic nitrogens is 1. The number of sulfonamides is 1. The fourth-order valence-corrected chi connectivity index (χ4v) is 3.05. The van der Waals surface area contributed by atoms with Crippen molar-refractivity contribution in [2.24, 2.45) is 0 Å². The average Bonchev–Trinajstić information content (AvgIpc) is 2.48. The Bertz CT molecular complexity index is 683. The number of nitrogens with zero attached hydrogens (tertiary/aromatic N) is 2. The quantitative estimate of drug-likeness (QED) is 0.916. The van der Waals surface area contributed by atoms with E-state index in [1.807, 2.05) is 6.07 Å². The van der Waals surface area contributed by atoms with Crippen molar-refractivity contribution in [2.45, 2.75) is 24.5 Å². The van der Waals surface area contributed by atoms with Crippen LogP contribution in [0.15, 0.2) is 53.6 Å². The zero-order valence-corrected chi connectivity index (χ0v) is 12.8. The molecule has 0 bridgehead atoms. The van der Waals surface area contributed by atoms with Crippen LogP contribution in [0.3, 0.4) is 0 Å². The maximum Gasteiger partial charge on any atom is 0.243 e. The molecular formula is C15H18N2O3S. The Hall–Kier alpha value is -1.76. The van der Waals surface area contributed by atoms with Crippen molar-refractivity contribution in [3.05, 3.63) is 59.9 Å². The van der Waals surface area contributed by atoms with Gasteiger partial charge in [0.1, 0.15) is 0 Å². The summed E-state index contributed by atoms with van der Waals surface area (Å²) < 4.78 is 26.2. The first-order valence-corrected chi connectivity index (χ1v) is 7.99. The maximum atomic E-state index is 12.5. The Morgan fingerprint density at radius 1 is 1.19 bits per heavy atom. The molecule has 2 aromatic rings. The minimum Gasteiger partial charge on any atom is -0.389 e. The molecule has 112 valence electrons. The Morgan fingerprint density at radius 2 is 1.86 bits per heavy atom. The summed E-state index contributed by atoms with van der Waals surface area (Å²) in [5.74, 6) is 0. The van der Waals surface area contributed by atoms with Crippen molar-refractivity contribution < 1.29 is 13.5 Å². The summed E-state index contributed by atoms with van der Waals surface area (Å²) in [6, 6.07) is 11.6. The lowest BCUT2D eigenvalue weighted by atomic mass is 10.1. The molecule has 1 N–H and O–H groups in total. The normalized spacial score (nSPS) is 13.3. The first-order valence-electron chi connectivity index (χ1n) is 6.55. The molecule has 21 heavy (non-hydrogen) atoms. The highest BCUT2D eigenvalue weighted by molar-refractivity contribution is 7.89. The molecule has 0 saturated heterocycles. The van der Waals surface area contributed by atoms with Crippen LogP contribution in [0.5, 0.6) is 0 Å². The lowest BCUT2D eigenvalue weighted by molar-refractivity contribution is 0.199. The molecule has 1 heterocycles. The van der Waals surface area contributed by atoms with Crippen LogP contribution >= 0.6 is 0 Å². The maximum absolute atomic E-state index is 12.5. The van der Waals surface area contributed by atoms with Gasteiger partial charge in [0.2, 0.25) is 10.0 Å². The van der Waals surface area contributed by atoms with E-state index in [9.17, 15) is 13.5 Å². The molecule has 0 aliphatic carbocycles. The van der Waals surface area contributed by atoms with E-state index < -0.39 is 16.1 Å². The first-order chi connectivity index (χ1) is 9.91. The molecule has 6 heteroatoms. The third-order valence-corrected chi connectivity index (χ3v) is 5.00. The monoisotopic (exact) mass is 306 g/mol. The second-order valence-electron chi connectivity index (χ2n) is 4.83. The number of aliphatic hydroxyl groups is 1. The van der Waals surface area contributed by atoms with Crippen molar-refractivity contribution in [3.63, 3.8) is 0 Å². The van der Waals surface area contributed by atoms with E-state index in [0.717, 1.165) is 0 Å². The Morgan fingerprint density at radius 3 is 2.38 bits per heavy atom. The summed E-state index contributed by atoms with van der Waals surface area (Å²) in [5.41, 5.74) is 1.37. The van der Waals surface area contributed by atoms with Crippen LogP contribution < -0.4 is 0 Å². The Balaban J connectivity index is 2.20. The first kappa shape index (κ1) is 15.6. The molecule has 0 radical (unpaired) electrons. The molecule has 1 aromatic heterocycles. The lowest BCUT2D eigenvalue weighted by Crippen LogP contribution is -2.26. The van der Waals surface area contributed by atoms with E-state index in [0.29, 0.717) is 11.3 Å². The van der Waals surface area contributed by atoms with Gasteiger partial charge in [-0.25, -0.2) is 8.42 Å². The molecule has 1 unspecified atom stereocenters. The van der Waals surface area contributed by atoms with Crippen molar-refractivity contribution in [1.82, 2.24) is 9.29 Å². The Kier molecular flexibility index (Phi) is 4.72. The van der Waals surface area contributed by atoms with Crippen LogP contribution in [0.1, 0.15) is 24.3 Å². The molecule has 0 saturated carbocycles. The van der Waals surface area contributed by atoms with E-state index in [1.165, 1.54) is 23.5 Å². The van der Waals surface area contributed by atoms with Crippen molar-refractivity contribution in [2.75, 3.05) is 7.05 Å². The van der Waals surface area contributed by atoms with Crippen LogP contribution in [0.4, 0.5) is 0 Å². The molecule has 0 fully saturated rings. The molecule has 5 nitrogen and oxygen atoms in total. The molecule has 0 aliphatic rings. The largest absolute Gasteiger partial charge is 0.389 e. The van der Waals surface area contributed by atoms with E-state index in [2.05, 4.69) is 4.98 Å². The van der Waals surface area contributed by atoms with Gasteiger partial charge in [0, 0.05) is 13.2 Å². The van der Waals surface area contributed by atoms with Gasteiger partial charge in [-0.1, -0.05) is 18.2 Å². The molecule has 1 atom stereocenters. The van der Waals surface area contributed by atoms with Gasteiger partial charge in [0.05, 0.1) is 23.2 Å². The number of rotatable bonds is 5. The standard InChI is InChI=1S/C15H18N2O3S/c1-12(18)13-6-8-15(9-7-13)21(19,20)17(2)11-14-5-3-4-10-16-14/h3-10,12,18H,11H2,1-2H3. The molecule has 0 aliphatic heterocycles. The summed E-state index contributed by atoms with van der Waals surface area (Å²) in [5, 5.41) is 9.45. The van der Waals surface area contributed by atoms with Crippen LogP contribution in [0.25, 0.3) is 0 Å².